The second-order valence-electron chi connectivity index (χ2n) is 9.72. The van der Waals surface area contributed by atoms with Crippen molar-refractivity contribution in [3.8, 4) is 17.2 Å². The minimum absolute atomic E-state index is 0.153. The molecule has 4 aromatic rings. The Bertz CT molecular complexity index is 1450. The van der Waals surface area contributed by atoms with Gasteiger partial charge in [-0.25, -0.2) is 4.68 Å². The van der Waals surface area contributed by atoms with Crippen LogP contribution in [0.4, 0.5) is 5.69 Å². The molecule has 0 radical (unpaired) electrons. The summed E-state index contributed by atoms with van der Waals surface area (Å²) in [7, 11) is 4.62. The van der Waals surface area contributed by atoms with Crippen LogP contribution in [0, 0.1) is 5.92 Å². The van der Waals surface area contributed by atoms with Crippen LogP contribution in [0.3, 0.4) is 0 Å². The standard InChI is InChI=1S/C30H35N5O5/c1-20(2)13-14-31-30(37)29(21-9-8-10-23(15-21)38-3)35(22-16-24(39-4)18-25(17-22)40-5)28(36)19-34-27-12-7-6-11-26(27)32-33-34/h6-12,15-18,20,29H,13-14,19H2,1-5H3,(H,31,37)/t29-/m0/s1. The summed E-state index contributed by atoms with van der Waals surface area (Å²) in [6, 6.07) is 18.6. The number of methoxy groups -OCH3 is 3. The van der Waals surface area contributed by atoms with Crippen LogP contribution < -0.4 is 24.4 Å². The van der Waals surface area contributed by atoms with Gasteiger partial charge >= 0.3 is 0 Å². The summed E-state index contributed by atoms with van der Waals surface area (Å²) < 4.78 is 18.0. The second-order valence-corrected chi connectivity index (χ2v) is 9.72. The monoisotopic (exact) mass is 545 g/mol. The molecule has 2 amide bonds. The average Bonchev–Trinajstić information content (AvgIpc) is 3.37. The molecule has 0 fully saturated rings. The molecule has 1 aromatic heterocycles. The normalized spacial score (nSPS) is 11.8. The van der Waals surface area contributed by atoms with Crippen LogP contribution in [0.5, 0.6) is 17.2 Å². The van der Waals surface area contributed by atoms with Crippen molar-refractivity contribution in [1.29, 1.82) is 0 Å². The summed E-state index contributed by atoms with van der Waals surface area (Å²) in [5.41, 5.74) is 2.39. The number of aromatic nitrogens is 3. The Kier molecular flexibility index (Phi) is 9.21. The van der Waals surface area contributed by atoms with E-state index in [4.69, 9.17) is 14.2 Å². The van der Waals surface area contributed by atoms with Gasteiger partial charge in [0, 0.05) is 24.7 Å². The zero-order chi connectivity index (χ0) is 28.6. The van der Waals surface area contributed by atoms with E-state index in [9.17, 15) is 9.59 Å². The number of rotatable bonds is 12. The summed E-state index contributed by atoms with van der Waals surface area (Å²) >= 11 is 0. The third kappa shape index (κ3) is 6.51. The molecule has 0 saturated carbocycles. The number of carbonyl (C=O) groups excluding carboxylic acids is 2. The molecule has 10 heteroatoms. The van der Waals surface area contributed by atoms with E-state index in [1.807, 2.05) is 24.3 Å². The van der Waals surface area contributed by atoms with E-state index >= 15 is 0 Å². The minimum Gasteiger partial charge on any atom is -0.497 e. The van der Waals surface area contributed by atoms with E-state index in [0.29, 0.717) is 52.0 Å². The van der Waals surface area contributed by atoms with E-state index < -0.39 is 6.04 Å². The average molecular weight is 546 g/mol. The molecule has 1 heterocycles. The predicted octanol–water partition coefficient (Wildman–Crippen LogP) is 4.39. The Morgan fingerprint density at radius 2 is 1.60 bits per heavy atom. The highest BCUT2D eigenvalue weighted by Crippen LogP contribution is 2.35. The number of para-hydroxylation sites is 1. The van der Waals surface area contributed by atoms with Crippen LogP contribution in [0.2, 0.25) is 0 Å². The van der Waals surface area contributed by atoms with Gasteiger partial charge in [-0.3, -0.25) is 14.5 Å². The molecule has 40 heavy (non-hydrogen) atoms. The molecule has 3 aromatic carbocycles. The summed E-state index contributed by atoms with van der Waals surface area (Å²) in [5, 5.41) is 11.4. The minimum atomic E-state index is -1.03. The maximum Gasteiger partial charge on any atom is 0.249 e. The van der Waals surface area contributed by atoms with Gasteiger partial charge in [0.1, 0.15) is 35.4 Å². The summed E-state index contributed by atoms with van der Waals surface area (Å²) in [5.74, 6) is 1.21. The van der Waals surface area contributed by atoms with Gasteiger partial charge in [-0.05, 0) is 42.2 Å². The number of carbonyl (C=O) groups is 2. The number of anilines is 1. The highest BCUT2D eigenvalue weighted by atomic mass is 16.5. The number of nitrogens with zero attached hydrogens (tertiary/aromatic N) is 4. The SMILES string of the molecule is COc1cccc([C@@H](C(=O)NCCC(C)C)N(C(=O)Cn2nnc3ccccc32)c2cc(OC)cc(OC)c2)c1. The van der Waals surface area contributed by atoms with E-state index in [2.05, 4.69) is 29.5 Å². The molecule has 0 aliphatic heterocycles. The number of hydrogen-bond donors (Lipinski definition) is 1. The van der Waals surface area contributed by atoms with Crippen molar-refractivity contribution < 1.29 is 23.8 Å². The highest BCUT2D eigenvalue weighted by molar-refractivity contribution is 6.02. The maximum atomic E-state index is 14.3. The van der Waals surface area contributed by atoms with Gasteiger partial charge in [0.25, 0.3) is 0 Å². The van der Waals surface area contributed by atoms with Crippen LogP contribution in [-0.2, 0) is 16.1 Å². The molecular weight excluding hydrogens is 510 g/mol. The molecule has 0 saturated heterocycles. The summed E-state index contributed by atoms with van der Waals surface area (Å²) in [6.45, 7) is 4.49. The Hall–Kier alpha value is -4.60. The number of hydrogen-bond acceptors (Lipinski definition) is 7. The smallest absolute Gasteiger partial charge is 0.249 e. The zero-order valence-electron chi connectivity index (χ0n) is 23.5. The van der Waals surface area contributed by atoms with Crippen LogP contribution in [-0.4, -0.2) is 54.7 Å². The molecule has 0 unspecified atom stereocenters. The maximum absolute atomic E-state index is 14.3. The van der Waals surface area contributed by atoms with E-state index in [-0.39, 0.29) is 18.4 Å². The third-order valence-corrected chi connectivity index (χ3v) is 6.53. The number of fused-ring (bicyclic) bond motifs is 1. The fraction of sp³-hybridized carbons (Fsp3) is 0.333. The van der Waals surface area contributed by atoms with Crippen LogP contribution >= 0.6 is 0 Å². The molecule has 0 aliphatic carbocycles. The van der Waals surface area contributed by atoms with Gasteiger partial charge in [-0.1, -0.05) is 43.3 Å². The molecule has 1 N–H and O–H groups in total. The van der Waals surface area contributed by atoms with Gasteiger partial charge in [-0.15, -0.1) is 5.10 Å². The first-order valence-corrected chi connectivity index (χ1v) is 13.1. The summed E-state index contributed by atoms with van der Waals surface area (Å²) in [4.78, 5) is 29.6. The first kappa shape index (κ1) is 28.4. The van der Waals surface area contributed by atoms with Crippen molar-refractivity contribution >= 4 is 28.5 Å². The number of benzene rings is 3. The van der Waals surface area contributed by atoms with Gasteiger partial charge in [0.2, 0.25) is 11.8 Å². The zero-order valence-corrected chi connectivity index (χ0v) is 23.5. The first-order valence-electron chi connectivity index (χ1n) is 13.1. The first-order chi connectivity index (χ1) is 19.3. The van der Waals surface area contributed by atoms with Crippen molar-refractivity contribution in [2.45, 2.75) is 32.9 Å². The lowest BCUT2D eigenvalue weighted by molar-refractivity contribution is -0.127. The Balaban J connectivity index is 1.85. The van der Waals surface area contributed by atoms with Crippen molar-refractivity contribution in [2.75, 3.05) is 32.8 Å². The van der Waals surface area contributed by atoms with E-state index in [0.717, 1.165) is 6.42 Å². The molecule has 0 spiro atoms. The third-order valence-electron chi connectivity index (χ3n) is 6.53. The molecule has 1 atom stereocenters. The van der Waals surface area contributed by atoms with Gasteiger partial charge in [-0.2, -0.15) is 0 Å². The Labute approximate surface area is 233 Å². The molecule has 0 bridgehead atoms. The predicted molar refractivity (Wildman–Crippen MR) is 153 cm³/mol. The van der Waals surface area contributed by atoms with Crippen molar-refractivity contribution in [3.05, 3.63) is 72.3 Å². The molecule has 4 rings (SSSR count). The highest BCUT2D eigenvalue weighted by Gasteiger charge is 2.34. The quantitative estimate of drug-likeness (QED) is 0.281. The number of nitrogens with one attached hydrogen (secondary N) is 1. The Morgan fingerprint density at radius 1 is 0.900 bits per heavy atom. The number of amides is 2. The molecule has 0 aliphatic rings. The van der Waals surface area contributed by atoms with Crippen LogP contribution in [0.15, 0.2) is 66.7 Å². The summed E-state index contributed by atoms with van der Waals surface area (Å²) in [6.07, 6.45) is 0.794. The van der Waals surface area contributed by atoms with Gasteiger partial charge in [0.05, 0.1) is 32.5 Å². The lowest BCUT2D eigenvalue weighted by atomic mass is 10.0. The van der Waals surface area contributed by atoms with Crippen molar-refractivity contribution in [3.63, 3.8) is 0 Å². The lowest BCUT2D eigenvalue weighted by Crippen LogP contribution is -2.45. The van der Waals surface area contributed by atoms with Crippen LogP contribution in [0.1, 0.15) is 31.9 Å². The topological polar surface area (TPSA) is 108 Å². The fourth-order valence-electron chi connectivity index (χ4n) is 4.42. The largest absolute Gasteiger partial charge is 0.497 e. The molecule has 10 nitrogen and oxygen atoms in total. The second kappa shape index (κ2) is 13.0. The van der Waals surface area contributed by atoms with Gasteiger partial charge in [0.15, 0.2) is 0 Å². The van der Waals surface area contributed by atoms with Crippen molar-refractivity contribution in [1.82, 2.24) is 20.3 Å². The van der Waals surface area contributed by atoms with Gasteiger partial charge < -0.3 is 19.5 Å². The Morgan fingerprint density at radius 3 is 2.27 bits per heavy atom. The van der Waals surface area contributed by atoms with Crippen LogP contribution in [0.25, 0.3) is 11.0 Å². The van der Waals surface area contributed by atoms with Crippen molar-refractivity contribution in [2.24, 2.45) is 5.92 Å². The van der Waals surface area contributed by atoms with E-state index in [1.165, 1.54) is 23.8 Å². The lowest BCUT2D eigenvalue weighted by Gasteiger charge is -2.32. The molecule has 210 valence electrons. The fourth-order valence-corrected chi connectivity index (χ4v) is 4.42. The number of ether oxygens (including phenoxy) is 3. The molecular formula is C30H35N5O5. The van der Waals surface area contributed by atoms with E-state index in [1.54, 1.807) is 49.6 Å².